The van der Waals surface area contributed by atoms with Crippen LogP contribution in [0.3, 0.4) is 0 Å². The molecule has 0 saturated heterocycles. The zero-order valence-corrected chi connectivity index (χ0v) is 12.1. The highest BCUT2D eigenvalue weighted by Gasteiger charge is 2.16. The number of allylic oxidation sites excluding steroid dienone is 1. The van der Waals surface area contributed by atoms with Gasteiger partial charge in [-0.1, -0.05) is 18.4 Å². The van der Waals surface area contributed by atoms with E-state index >= 15 is 0 Å². The van der Waals surface area contributed by atoms with Crippen molar-refractivity contribution in [2.45, 2.75) is 39.5 Å². The first-order valence-electron chi connectivity index (χ1n) is 7.10. The number of anilines is 1. The number of nitrogens with one attached hydrogen (secondary N) is 2. The van der Waals surface area contributed by atoms with Crippen LogP contribution in [0.5, 0.6) is 5.75 Å². The quantitative estimate of drug-likeness (QED) is 0.732. The number of amides is 2. The van der Waals surface area contributed by atoms with Gasteiger partial charge in [-0.05, 0) is 56.4 Å². The van der Waals surface area contributed by atoms with Crippen molar-refractivity contribution in [1.29, 1.82) is 0 Å². The van der Waals surface area contributed by atoms with Gasteiger partial charge in [0.1, 0.15) is 5.75 Å². The van der Waals surface area contributed by atoms with Crippen molar-refractivity contribution in [1.82, 2.24) is 5.32 Å². The Morgan fingerprint density at radius 1 is 1.35 bits per heavy atom. The topological polar surface area (TPSA) is 61.4 Å². The molecule has 4 heteroatoms. The van der Waals surface area contributed by atoms with E-state index in [1.165, 1.54) is 31.3 Å². The second-order valence-electron chi connectivity index (χ2n) is 5.47. The molecule has 1 aromatic carbocycles. The number of phenolic OH excluding ortho intramolecular Hbond substituents is 1. The third-order valence-corrected chi connectivity index (χ3v) is 3.89. The molecule has 20 heavy (non-hydrogen) atoms. The fourth-order valence-electron chi connectivity index (χ4n) is 2.62. The lowest BCUT2D eigenvalue weighted by atomic mass is 10.0. The predicted octanol–water partition coefficient (Wildman–Crippen LogP) is 3.92. The van der Waals surface area contributed by atoms with E-state index in [2.05, 4.69) is 17.6 Å². The number of carbonyl (C=O) groups excluding carboxylic acids is 1. The van der Waals surface area contributed by atoms with Gasteiger partial charge in [-0.25, -0.2) is 4.79 Å². The summed E-state index contributed by atoms with van der Waals surface area (Å²) in [5.74, 6) is 0.816. The second-order valence-corrected chi connectivity index (χ2v) is 5.47. The van der Waals surface area contributed by atoms with Crippen LogP contribution in [0.1, 0.15) is 38.2 Å². The van der Waals surface area contributed by atoms with Gasteiger partial charge in [-0.15, -0.1) is 0 Å². The fraction of sp³-hybridized carbons (Fsp3) is 0.438. The molecule has 2 amide bonds. The van der Waals surface area contributed by atoms with Crippen molar-refractivity contribution in [2.24, 2.45) is 5.92 Å². The Bertz CT molecular complexity index is 517. The minimum atomic E-state index is -0.254. The number of rotatable bonds is 3. The molecule has 3 N–H and O–H groups in total. The second kappa shape index (κ2) is 6.46. The van der Waals surface area contributed by atoms with Crippen LogP contribution in [-0.4, -0.2) is 11.1 Å². The SMILES string of the molecule is C/C(=C\NC(=O)Nc1ccc(O)cc1C)C1CCCC1. The van der Waals surface area contributed by atoms with Crippen LogP contribution in [-0.2, 0) is 0 Å². The Balaban J connectivity index is 1.90. The highest BCUT2D eigenvalue weighted by atomic mass is 16.3. The molecule has 0 heterocycles. The number of aryl methyl sites for hydroxylation is 1. The zero-order valence-electron chi connectivity index (χ0n) is 12.1. The van der Waals surface area contributed by atoms with Crippen molar-refractivity contribution >= 4 is 11.7 Å². The molecule has 4 nitrogen and oxygen atoms in total. The van der Waals surface area contributed by atoms with E-state index in [-0.39, 0.29) is 11.8 Å². The third-order valence-electron chi connectivity index (χ3n) is 3.89. The predicted molar refractivity (Wildman–Crippen MR) is 80.7 cm³/mol. The van der Waals surface area contributed by atoms with Crippen molar-refractivity contribution in [3.8, 4) is 5.75 Å². The van der Waals surface area contributed by atoms with E-state index < -0.39 is 0 Å². The summed E-state index contributed by atoms with van der Waals surface area (Å²) < 4.78 is 0. The number of hydrogen-bond donors (Lipinski definition) is 3. The van der Waals surface area contributed by atoms with Gasteiger partial charge in [0.25, 0.3) is 0 Å². The monoisotopic (exact) mass is 274 g/mol. The molecular weight excluding hydrogens is 252 g/mol. The van der Waals surface area contributed by atoms with E-state index in [0.29, 0.717) is 11.6 Å². The molecule has 0 aliphatic heterocycles. The van der Waals surface area contributed by atoms with Crippen LogP contribution < -0.4 is 10.6 Å². The van der Waals surface area contributed by atoms with Gasteiger partial charge in [0.2, 0.25) is 0 Å². The maximum atomic E-state index is 11.8. The van der Waals surface area contributed by atoms with E-state index in [4.69, 9.17) is 0 Å². The highest BCUT2D eigenvalue weighted by molar-refractivity contribution is 5.90. The molecule has 1 aromatic rings. The molecular formula is C16H22N2O2. The van der Waals surface area contributed by atoms with Gasteiger partial charge < -0.3 is 15.7 Å². The Kier molecular flexibility index (Phi) is 4.66. The summed E-state index contributed by atoms with van der Waals surface area (Å²) in [6.07, 6.45) is 6.83. The van der Waals surface area contributed by atoms with Crippen LogP contribution in [0.25, 0.3) is 0 Å². The molecule has 1 fully saturated rings. The molecule has 1 aliphatic rings. The number of benzene rings is 1. The summed E-state index contributed by atoms with van der Waals surface area (Å²) in [5, 5.41) is 14.9. The Hall–Kier alpha value is -1.97. The van der Waals surface area contributed by atoms with Crippen molar-refractivity contribution in [3.05, 3.63) is 35.5 Å². The standard InChI is InChI=1S/C16H22N2O2/c1-11-9-14(19)7-8-15(11)18-16(20)17-10-12(2)13-5-3-4-6-13/h7-10,13,19H,3-6H2,1-2H3,(H2,17,18,20)/b12-10+. The largest absolute Gasteiger partial charge is 0.508 e. The molecule has 0 aromatic heterocycles. The lowest BCUT2D eigenvalue weighted by molar-refractivity contribution is 0.255. The average Bonchev–Trinajstić information content (AvgIpc) is 2.93. The van der Waals surface area contributed by atoms with Gasteiger partial charge in [-0.2, -0.15) is 0 Å². The molecule has 0 atom stereocenters. The fourth-order valence-corrected chi connectivity index (χ4v) is 2.62. The molecule has 1 aliphatic carbocycles. The molecule has 1 saturated carbocycles. The summed E-state index contributed by atoms with van der Waals surface area (Å²) in [5.41, 5.74) is 2.77. The Morgan fingerprint density at radius 2 is 2.05 bits per heavy atom. The van der Waals surface area contributed by atoms with E-state index in [1.807, 2.05) is 6.92 Å². The van der Waals surface area contributed by atoms with Gasteiger partial charge in [0.15, 0.2) is 0 Å². The lowest BCUT2D eigenvalue weighted by Gasteiger charge is -2.11. The number of phenols is 1. The van der Waals surface area contributed by atoms with Crippen LogP contribution >= 0.6 is 0 Å². The first-order valence-corrected chi connectivity index (χ1v) is 7.10. The van der Waals surface area contributed by atoms with Gasteiger partial charge >= 0.3 is 6.03 Å². The van der Waals surface area contributed by atoms with E-state index in [1.54, 1.807) is 24.4 Å². The number of carbonyl (C=O) groups is 1. The summed E-state index contributed by atoms with van der Waals surface area (Å²) in [4.78, 5) is 11.8. The van der Waals surface area contributed by atoms with Crippen molar-refractivity contribution in [2.75, 3.05) is 5.32 Å². The smallest absolute Gasteiger partial charge is 0.323 e. The Morgan fingerprint density at radius 3 is 2.70 bits per heavy atom. The van der Waals surface area contributed by atoms with Crippen LogP contribution in [0.15, 0.2) is 30.0 Å². The minimum absolute atomic E-state index is 0.199. The molecule has 0 spiro atoms. The molecule has 0 unspecified atom stereocenters. The number of hydrogen-bond acceptors (Lipinski definition) is 2. The highest BCUT2D eigenvalue weighted by Crippen LogP contribution is 2.30. The average molecular weight is 274 g/mol. The summed E-state index contributed by atoms with van der Waals surface area (Å²) in [6.45, 7) is 3.91. The normalized spacial score (nSPS) is 16.2. The minimum Gasteiger partial charge on any atom is -0.508 e. The lowest BCUT2D eigenvalue weighted by Crippen LogP contribution is -2.25. The molecule has 0 bridgehead atoms. The zero-order chi connectivity index (χ0) is 14.5. The maximum Gasteiger partial charge on any atom is 0.323 e. The molecule has 0 radical (unpaired) electrons. The summed E-state index contributed by atoms with van der Waals surface area (Å²) in [7, 11) is 0. The van der Waals surface area contributed by atoms with Gasteiger partial charge in [0, 0.05) is 11.9 Å². The maximum absolute atomic E-state index is 11.8. The number of aromatic hydroxyl groups is 1. The summed E-state index contributed by atoms with van der Waals surface area (Å²) in [6, 6.07) is 4.62. The molecule has 108 valence electrons. The van der Waals surface area contributed by atoms with E-state index in [0.717, 1.165) is 5.56 Å². The first kappa shape index (κ1) is 14.4. The van der Waals surface area contributed by atoms with Crippen LogP contribution in [0.4, 0.5) is 10.5 Å². The van der Waals surface area contributed by atoms with Crippen LogP contribution in [0.2, 0.25) is 0 Å². The summed E-state index contributed by atoms with van der Waals surface area (Å²) >= 11 is 0. The molecule has 2 rings (SSSR count). The third kappa shape index (κ3) is 3.76. The van der Waals surface area contributed by atoms with Crippen molar-refractivity contribution < 1.29 is 9.90 Å². The Labute approximate surface area is 119 Å². The van der Waals surface area contributed by atoms with Crippen molar-refractivity contribution in [3.63, 3.8) is 0 Å². The number of urea groups is 1. The first-order chi connectivity index (χ1) is 9.56. The van der Waals surface area contributed by atoms with Gasteiger partial charge in [0.05, 0.1) is 0 Å². The van der Waals surface area contributed by atoms with Crippen LogP contribution in [0, 0.1) is 12.8 Å². The van der Waals surface area contributed by atoms with E-state index in [9.17, 15) is 9.90 Å². The van der Waals surface area contributed by atoms with Gasteiger partial charge in [-0.3, -0.25) is 0 Å².